The quantitative estimate of drug-likeness (QED) is 0.733. The van der Waals surface area contributed by atoms with Crippen molar-refractivity contribution in [3.8, 4) is 0 Å². The maximum Gasteiger partial charge on any atom is 0.151 e. The van der Waals surface area contributed by atoms with E-state index < -0.39 is 0 Å². The molecule has 1 heterocycles. The van der Waals surface area contributed by atoms with E-state index in [1.165, 1.54) is 18.9 Å². The second-order valence-electron chi connectivity index (χ2n) is 6.30. The zero-order valence-corrected chi connectivity index (χ0v) is 12.9. The SMILES string of the molecule is CC(Cl)c1nc2c(F)cccc2n1CC1(C(C)C)CC1. The maximum atomic E-state index is 13.9. The molecule has 0 amide bonds. The Morgan fingerprint density at radius 1 is 1.35 bits per heavy atom. The molecule has 0 bridgehead atoms. The van der Waals surface area contributed by atoms with Crippen LogP contribution in [0.15, 0.2) is 18.2 Å². The lowest BCUT2D eigenvalue weighted by atomic mass is 9.92. The zero-order valence-electron chi connectivity index (χ0n) is 12.2. The monoisotopic (exact) mass is 294 g/mol. The number of halogens is 2. The molecule has 0 saturated heterocycles. The van der Waals surface area contributed by atoms with Crippen LogP contribution < -0.4 is 0 Å². The lowest BCUT2D eigenvalue weighted by Crippen LogP contribution is -2.19. The Balaban J connectivity index is 2.13. The summed E-state index contributed by atoms with van der Waals surface area (Å²) in [7, 11) is 0. The van der Waals surface area contributed by atoms with Crippen molar-refractivity contribution in [2.45, 2.75) is 45.5 Å². The average molecular weight is 295 g/mol. The number of benzene rings is 1. The summed E-state index contributed by atoms with van der Waals surface area (Å²) in [6.07, 6.45) is 2.46. The van der Waals surface area contributed by atoms with Crippen molar-refractivity contribution < 1.29 is 4.39 Å². The molecule has 0 spiro atoms. The smallest absolute Gasteiger partial charge is 0.151 e. The first-order valence-corrected chi connectivity index (χ1v) is 7.67. The van der Waals surface area contributed by atoms with Crippen molar-refractivity contribution in [3.63, 3.8) is 0 Å². The number of fused-ring (bicyclic) bond motifs is 1. The van der Waals surface area contributed by atoms with Gasteiger partial charge in [0.1, 0.15) is 11.3 Å². The summed E-state index contributed by atoms with van der Waals surface area (Å²) < 4.78 is 16.1. The molecule has 1 aromatic heterocycles. The van der Waals surface area contributed by atoms with E-state index in [4.69, 9.17) is 11.6 Å². The molecule has 1 unspecified atom stereocenters. The standard InChI is InChI=1S/C16H20ClFN2/c1-10(2)16(7-8-16)9-20-13-6-4-5-12(18)14(13)19-15(20)11(3)17/h4-6,10-11H,7-9H2,1-3H3. The fourth-order valence-corrected chi connectivity index (χ4v) is 3.16. The van der Waals surface area contributed by atoms with Gasteiger partial charge in [0.2, 0.25) is 0 Å². The minimum atomic E-state index is -0.269. The van der Waals surface area contributed by atoms with Crippen molar-refractivity contribution >= 4 is 22.6 Å². The normalized spacial score (nSPS) is 18.7. The van der Waals surface area contributed by atoms with E-state index in [0.717, 1.165) is 17.9 Å². The van der Waals surface area contributed by atoms with Crippen LogP contribution in [0.4, 0.5) is 4.39 Å². The van der Waals surface area contributed by atoms with E-state index in [1.807, 2.05) is 13.0 Å². The second-order valence-corrected chi connectivity index (χ2v) is 6.95. The first kappa shape index (κ1) is 13.9. The fraction of sp³-hybridized carbons (Fsp3) is 0.562. The predicted octanol–water partition coefficient (Wildman–Crippen LogP) is 4.91. The molecule has 108 valence electrons. The van der Waals surface area contributed by atoms with Crippen LogP contribution in [0.1, 0.15) is 44.8 Å². The molecule has 0 aliphatic heterocycles. The van der Waals surface area contributed by atoms with Crippen LogP contribution in [0, 0.1) is 17.2 Å². The van der Waals surface area contributed by atoms with Gasteiger partial charge in [-0.15, -0.1) is 11.6 Å². The average Bonchev–Trinajstić information content (AvgIpc) is 3.07. The van der Waals surface area contributed by atoms with Crippen LogP contribution in [0.5, 0.6) is 0 Å². The van der Waals surface area contributed by atoms with Crippen LogP contribution in [-0.2, 0) is 6.54 Å². The summed E-state index contributed by atoms with van der Waals surface area (Å²) in [5.41, 5.74) is 1.63. The number of para-hydroxylation sites is 1. The molecule has 1 saturated carbocycles. The molecule has 4 heteroatoms. The van der Waals surface area contributed by atoms with Crippen LogP contribution in [-0.4, -0.2) is 9.55 Å². The highest BCUT2D eigenvalue weighted by Crippen LogP contribution is 2.53. The molecule has 0 N–H and O–H groups in total. The van der Waals surface area contributed by atoms with Gasteiger partial charge in [-0.05, 0) is 43.2 Å². The number of hydrogen-bond donors (Lipinski definition) is 0. The molecule has 1 fully saturated rings. The zero-order chi connectivity index (χ0) is 14.5. The number of nitrogens with zero attached hydrogens (tertiary/aromatic N) is 2. The lowest BCUT2D eigenvalue weighted by Gasteiger charge is -2.22. The minimum absolute atomic E-state index is 0.218. The summed E-state index contributed by atoms with van der Waals surface area (Å²) in [4.78, 5) is 4.44. The first-order chi connectivity index (χ1) is 9.44. The van der Waals surface area contributed by atoms with Gasteiger partial charge in [0, 0.05) is 6.54 Å². The molecule has 3 rings (SSSR count). The van der Waals surface area contributed by atoms with E-state index in [1.54, 1.807) is 6.07 Å². The van der Waals surface area contributed by atoms with E-state index in [9.17, 15) is 4.39 Å². The number of rotatable bonds is 4. The molecule has 20 heavy (non-hydrogen) atoms. The molecule has 1 atom stereocenters. The molecule has 1 aromatic carbocycles. The summed E-state index contributed by atoms with van der Waals surface area (Å²) in [5.74, 6) is 1.12. The third-order valence-corrected chi connectivity index (χ3v) is 4.90. The topological polar surface area (TPSA) is 17.8 Å². The summed E-state index contributed by atoms with van der Waals surface area (Å²) in [6, 6.07) is 5.13. The Kier molecular flexibility index (Phi) is 3.28. The lowest BCUT2D eigenvalue weighted by molar-refractivity contribution is 0.308. The van der Waals surface area contributed by atoms with Gasteiger partial charge in [0.05, 0.1) is 10.9 Å². The van der Waals surface area contributed by atoms with E-state index in [-0.39, 0.29) is 11.2 Å². The molecule has 1 aliphatic carbocycles. The third kappa shape index (κ3) is 2.12. The highest BCUT2D eigenvalue weighted by Gasteiger charge is 2.46. The number of hydrogen-bond acceptors (Lipinski definition) is 1. The summed E-state index contributed by atoms with van der Waals surface area (Å²) in [5, 5.41) is -0.218. The van der Waals surface area contributed by atoms with Crippen LogP contribution in [0.3, 0.4) is 0 Å². The number of imidazole rings is 1. The largest absolute Gasteiger partial charge is 0.326 e. The van der Waals surface area contributed by atoms with Crippen LogP contribution in [0.2, 0.25) is 0 Å². The van der Waals surface area contributed by atoms with Crippen molar-refractivity contribution in [3.05, 3.63) is 29.8 Å². The van der Waals surface area contributed by atoms with Gasteiger partial charge in [-0.3, -0.25) is 0 Å². The summed E-state index contributed by atoms with van der Waals surface area (Å²) >= 11 is 6.26. The van der Waals surface area contributed by atoms with Gasteiger partial charge in [0.25, 0.3) is 0 Å². The van der Waals surface area contributed by atoms with E-state index >= 15 is 0 Å². The van der Waals surface area contributed by atoms with Crippen molar-refractivity contribution in [1.82, 2.24) is 9.55 Å². The van der Waals surface area contributed by atoms with Gasteiger partial charge < -0.3 is 4.57 Å². The Hall–Kier alpha value is -1.09. The molecule has 1 aliphatic rings. The van der Waals surface area contributed by atoms with Crippen molar-refractivity contribution in [2.24, 2.45) is 11.3 Å². The van der Waals surface area contributed by atoms with Crippen molar-refractivity contribution in [1.29, 1.82) is 0 Å². The predicted molar refractivity (Wildman–Crippen MR) is 80.5 cm³/mol. The Morgan fingerprint density at radius 3 is 2.60 bits per heavy atom. The maximum absolute atomic E-state index is 13.9. The highest BCUT2D eigenvalue weighted by molar-refractivity contribution is 6.20. The van der Waals surface area contributed by atoms with Crippen molar-refractivity contribution in [2.75, 3.05) is 0 Å². The van der Waals surface area contributed by atoms with Gasteiger partial charge in [-0.2, -0.15) is 0 Å². The van der Waals surface area contributed by atoms with Crippen LogP contribution in [0.25, 0.3) is 11.0 Å². The fourth-order valence-electron chi connectivity index (χ4n) is 2.99. The van der Waals surface area contributed by atoms with Gasteiger partial charge in [-0.25, -0.2) is 9.37 Å². The molecular weight excluding hydrogens is 275 g/mol. The molecule has 2 nitrogen and oxygen atoms in total. The molecule has 0 radical (unpaired) electrons. The van der Waals surface area contributed by atoms with Gasteiger partial charge in [-0.1, -0.05) is 19.9 Å². The first-order valence-electron chi connectivity index (χ1n) is 7.23. The third-order valence-electron chi connectivity index (χ3n) is 4.70. The Morgan fingerprint density at radius 2 is 2.05 bits per heavy atom. The van der Waals surface area contributed by atoms with E-state index in [0.29, 0.717) is 16.8 Å². The van der Waals surface area contributed by atoms with Gasteiger partial charge in [0.15, 0.2) is 5.82 Å². The second kappa shape index (κ2) is 4.73. The van der Waals surface area contributed by atoms with Gasteiger partial charge >= 0.3 is 0 Å². The summed E-state index contributed by atoms with van der Waals surface area (Å²) in [6.45, 7) is 7.30. The molecule has 2 aromatic rings. The minimum Gasteiger partial charge on any atom is -0.326 e. The Bertz CT molecular complexity index is 641. The highest BCUT2D eigenvalue weighted by atomic mass is 35.5. The molecular formula is C16H20ClFN2. The Labute approximate surface area is 123 Å². The number of alkyl halides is 1. The van der Waals surface area contributed by atoms with Crippen LogP contribution >= 0.6 is 11.6 Å². The van der Waals surface area contributed by atoms with E-state index in [2.05, 4.69) is 23.4 Å². The number of aromatic nitrogens is 2.